The summed E-state index contributed by atoms with van der Waals surface area (Å²) in [5.74, 6) is 0. The van der Waals surface area contributed by atoms with Crippen LogP contribution in [-0.2, 0) is 0 Å². The first-order chi connectivity index (χ1) is 4.13. The van der Waals surface area contributed by atoms with E-state index < -0.39 is 0 Å². The van der Waals surface area contributed by atoms with Crippen LogP contribution in [0.2, 0.25) is 0 Å². The van der Waals surface area contributed by atoms with Gasteiger partial charge in [0.15, 0.2) is 0 Å². The van der Waals surface area contributed by atoms with Crippen molar-refractivity contribution in [2.24, 2.45) is 9.32 Å². The highest BCUT2D eigenvalue weighted by atomic mass is 28.2. The maximum atomic E-state index is 4.12. The fourth-order valence-electron chi connectivity index (χ4n) is 0.225. The quantitative estimate of drug-likeness (QED) is 0.410. The minimum absolute atomic E-state index is 0.369. The van der Waals surface area contributed by atoms with Gasteiger partial charge in [-0.1, -0.05) is 0 Å². The van der Waals surface area contributed by atoms with Crippen molar-refractivity contribution >= 4 is 21.3 Å². The van der Waals surface area contributed by atoms with Crippen molar-refractivity contribution in [2.75, 3.05) is 0 Å². The van der Waals surface area contributed by atoms with Gasteiger partial charge in [0.05, 0.1) is 0 Å². The van der Waals surface area contributed by atoms with Crippen molar-refractivity contribution in [3.05, 3.63) is 0 Å². The zero-order valence-electron chi connectivity index (χ0n) is 6.39. The summed E-state index contributed by atoms with van der Waals surface area (Å²) in [5.41, 5.74) is 2.19. The van der Waals surface area contributed by atoms with Crippen molar-refractivity contribution in [3.63, 3.8) is 0 Å². The standard InChI is InChI=1S/C6H12N2Si/c1-5(2)7-9-8-6(3)4/h1-4H3. The molecule has 9 heavy (non-hydrogen) atoms. The van der Waals surface area contributed by atoms with Crippen LogP contribution in [-0.4, -0.2) is 21.3 Å². The molecule has 0 bridgehead atoms. The molecule has 0 saturated heterocycles. The molecule has 0 saturated carbocycles. The molecular weight excluding hydrogens is 128 g/mol. The Balaban J connectivity index is 3.53. The van der Waals surface area contributed by atoms with Gasteiger partial charge >= 0.3 is 9.84 Å². The normalized spacial score (nSPS) is 8.44. The van der Waals surface area contributed by atoms with Crippen molar-refractivity contribution in [1.82, 2.24) is 0 Å². The summed E-state index contributed by atoms with van der Waals surface area (Å²) in [5, 5.41) is 0. The van der Waals surface area contributed by atoms with Crippen LogP contribution in [0.1, 0.15) is 27.7 Å². The molecule has 3 heteroatoms. The maximum Gasteiger partial charge on any atom is 0.373 e. The van der Waals surface area contributed by atoms with Gasteiger partial charge in [-0.05, 0) is 39.1 Å². The van der Waals surface area contributed by atoms with Crippen LogP contribution in [0.5, 0.6) is 0 Å². The molecule has 2 radical (unpaired) electrons. The summed E-state index contributed by atoms with van der Waals surface area (Å²) in [6, 6.07) is 0. The van der Waals surface area contributed by atoms with Crippen LogP contribution in [0.4, 0.5) is 0 Å². The molecule has 0 spiro atoms. The summed E-state index contributed by atoms with van der Waals surface area (Å²) >= 11 is 0. The average molecular weight is 140 g/mol. The van der Waals surface area contributed by atoms with Crippen molar-refractivity contribution in [2.45, 2.75) is 27.7 Å². The molecule has 0 fully saturated rings. The zero-order valence-corrected chi connectivity index (χ0v) is 7.39. The largest absolute Gasteiger partial charge is 0.373 e. The summed E-state index contributed by atoms with van der Waals surface area (Å²) in [7, 11) is 0.369. The van der Waals surface area contributed by atoms with Gasteiger partial charge in [0.25, 0.3) is 0 Å². The Kier molecular flexibility index (Phi) is 4.22. The zero-order chi connectivity index (χ0) is 7.28. The van der Waals surface area contributed by atoms with Crippen LogP contribution in [0.25, 0.3) is 0 Å². The number of hydrogen-bond acceptors (Lipinski definition) is 2. The number of nitrogens with zero attached hydrogens (tertiary/aromatic N) is 2. The van der Waals surface area contributed by atoms with E-state index in [1.807, 2.05) is 27.7 Å². The van der Waals surface area contributed by atoms with Gasteiger partial charge in [-0.2, -0.15) is 0 Å². The summed E-state index contributed by atoms with van der Waals surface area (Å²) in [6.45, 7) is 7.92. The van der Waals surface area contributed by atoms with E-state index in [0.29, 0.717) is 9.84 Å². The van der Waals surface area contributed by atoms with E-state index in [9.17, 15) is 0 Å². The Labute approximate surface area is 59.1 Å². The molecule has 0 N–H and O–H groups in total. The highest BCUT2D eigenvalue weighted by Crippen LogP contribution is 1.76. The first-order valence-electron chi connectivity index (χ1n) is 2.89. The lowest BCUT2D eigenvalue weighted by Gasteiger charge is -1.86. The van der Waals surface area contributed by atoms with Crippen LogP contribution in [0.3, 0.4) is 0 Å². The highest BCUT2D eigenvalue weighted by molar-refractivity contribution is 6.36. The molecule has 0 aliphatic heterocycles. The minimum Gasteiger partial charge on any atom is -0.303 e. The van der Waals surface area contributed by atoms with E-state index in [2.05, 4.69) is 9.32 Å². The molecule has 0 unspecified atom stereocenters. The van der Waals surface area contributed by atoms with Crippen molar-refractivity contribution in [3.8, 4) is 0 Å². The Morgan fingerprint density at radius 3 is 1.44 bits per heavy atom. The van der Waals surface area contributed by atoms with Gasteiger partial charge in [0, 0.05) is 0 Å². The second kappa shape index (κ2) is 4.44. The third-order valence-electron chi connectivity index (χ3n) is 0.547. The Morgan fingerprint density at radius 1 is 0.889 bits per heavy atom. The Morgan fingerprint density at radius 2 is 1.22 bits per heavy atom. The van der Waals surface area contributed by atoms with Gasteiger partial charge in [-0.25, -0.2) is 0 Å². The highest BCUT2D eigenvalue weighted by Gasteiger charge is 1.81. The van der Waals surface area contributed by atoms with E-state index in [1.54, 1.807) is 0 Å². The number of rotatable bonds is 2. The predicted molar refractivity (Wildman–Crippen MR) is 43.3 cm³/mol. The second-order valence-electron chi connectivity index (χ2n) is 2.22. The molecule has 0 atom stereocenters. The molecule has 0 aromatic heterocycles. The molecule has 0 rings (SSSR count). The van der Waals surface area contributed by atoms with Crippen molar-refractivity contribution < 1.29 is 0 Å². The lowest BCUT2D eigenvalue weighted by atomic mass is 10.5. The van der Waals surface area contributed by atoms with Crippen LogP contribution >= 0.6 is 0 Å². The Bertz CT molecular complexity index is 114. The van der Waals surface area contributed by atoms with Gasteiger partial charge in [-0.3, -0.25) is 0 Å². The molecule has 0 aromatic rings. The predicted octanol–water partition coefficient (Wildman–Crippen LogP) is 1.48. The molecule has 50 valence electrons. The average Bonchev–Trinajstić information content (AvgIpc) is 1.63. The first-order valence-corrected chi connectivity index (χ1v) is 3.79. The van der Waals surface area contributed by atoms with Gasteiger partial charge < -0.3 is 9.32 Å². The van der Waals surface area contributed by atoms with Crippen LogP contribution in [0.15, 0.2) is 9.32 Å². The maximum absolute atomic E-state index is 4.12. The molecule has 0 aliphatic rings. The molecule has 0 aliphatic carbocycles. The summed E-state index contributed by atoms with van der Waals surface area (Å²) in [6.07, 6.45) is 0. The topological polar surface area (TPSA) is 24.7 Å². The fourth-order valence-corrected chi connectivity index (χ4v) is 0.675. The van der Waals surface area contributed by atoms with Crippen LogP contribution < -0.4 is 0 Å². The molecule has 0 heterocycles. The first kappa shape index (κ1) is 8.56. The fraction of sp³-hybridized carbons (Fsp3) is 0.667. The van der Waals surface area contributed by atoms with Gasteiger partial charge in [0.2, 0.25) is 0 Å². The monoisotopic (exact) mass is 140 g/mol. The van der Waals surface area contributed by atoms with Crippen molar-refractivity contribution in [1.29, 1.82) is 0 Å². The SMILES string of the molecule is CC(C)=N[Si]N=C(C)C. The molecular formula is C6H12N2Si. The van der Waals surface area contributed by atoms with E-state index in [0.717, 1.165) is 11.4 Å². The molecule has 2 nitrogen and oxygen atoms in total. The van der Waals surface area contributed by atoms with E-state index in [1.165, 1.54) is 0 Å². The molecule has 0 amide bonds. The second-order valence-corrected chi connectivity index (χ2v) is 2.87. The van der Waals surface area contributed by atoms with E-state index in [4.69, 9.17) is 0 Å². The summed E-state index contributed by atoms with van der Waals surface area (Å²) in [4.78, 5) is 0. The smallest absolute Gasteiger partial charge is 0.303 e. The lowest BCUT2D eigenvalue weighted by molar-refractivity contribution is 1.57. The Hall–Kier alpha value is -0.443. The molecule has 0 aromatic carbocycles. The van der Waals surface area contributed by atoms with Crippen LogP contribution in [0, 0.1) is 0 Å². The lowest BCUT2D eigenvalue weighted by Crippen LogP contribution is -1.90. The third-order valence-corrected chi connectivity index (χ3v) is 1.64. The van der Waals surface area contributed by atoms with Gasteiger partial charge in [0.1, 0.15) is 0 Å². The van der Waals surface area contributed by atoms with E-state index >= 15 is 0 Å². The van der Waals surface area contributed by atoms with Gasteiger partial charge in [-0.15, -0.1) is 0 Å². The van der Waals surface area contributed by atoms with E-state index in [-0.39, 0.29) is 0 Å². The number of hydrogen-bond donors (Lipinski definition) is 0. The summed E-state index contributed by atoms with van der Waals surface area (Å²) < 4.78 is 8.24. The third kappa shape index (κ3) is 7.56. The minimum atomic E-state index is 0.369.